The summed E-state index contributed by atoms with van der Waals surface area (Å²) in [7, 11) is 0. The Morgan fingerprint density at radius 3 is 1.46 bits per heavy atom. The number of allylic oxidation sites excluding steroid dienone is 2. The van der Waals surface area contributed by atoms with Gasteiger partial charge in [-0.3, -0.25) is 0 Å². The van der Waals surface area contributed by atoms with Gasteiger partial charge >= 0.3 is 0 Å². The lowest BCUT2D eigenvalue weighted by atomic mass is 9.93. The highest BCUT2D eigenvalue weighted by Crippen LogP contribution is 2.43. The number of rotatable bonds is 17. The van der Waals surface area contributed by atoms with Crippen LogP contribution in [0.15, 0.2) is 59.7 Å². The summed E-state index contributed by atoms with van der Waals surface area (Å²) >= 11 is 0. The van der Waals surface area contributed by atoms with Crippen LogP contribution in [0, 0.1) is 0 Å². The summed E-state index contributed by atoms with van der Waals surface area (Å²) in [5.74, 6) is 0. The van der Waals surface area contributed by atoms with Crippen molar-refractivity contribution >= 4 is 11.4 Å². The van der Waals surface area contributed by atoms with Crippen molar-refractivity contribution in [1.82, 2.24) is 0 Å². The molecular formula is C35H50N2. The molecule has 2 heteroatoms. The Hall–Kier alpha value is -2.48. The first-order chi connectivity index (χ1) is 18.1. The molecule has 0 fully saturated rings. The van der Waals surface area contributed by atoms with Gasteiger partial charge in [-0.15, -0.1) is 0 Å². The van der Waals surface area contributed by atoms with Crippen molar-refractivity contribution in [3.63, 3.8) is 0 Å². The summed E-state index contributed by atoms with van der Waals surface area (Å²) in [6.07, 6.45) is 18.1. The molecule has 0 saturated carbocycles. The molecular weight excluding hydrogens is 448 g/mol. The number of unbranched alkanes of at least 4 members (excludes halogenated alkanes) is 8. The molecule has 1 heterocycles. The van der Waals surface area contributed by atoms with Crippen LogP contribution in [0.1, 0.15) is 133 Å². The maximum Gasteiger partial charge on any atom is 0.211 e. The molecule has 0 radical (unpaired) electrons. The van der Waals surface area contributed by atoms with Crippen LogP contribution >= 0.6 is 0 Å². The fourth-order valence-electron chi connectivity index (χ4n) is 5.60. The predicted octanol–water partition coefficient (Wildman–Crippen LogP) is 11.1. The van der Waals surface area contributed by atoms with Gasteiger partial charge in [-0.2, -0.15) is 0 Å². The molecule has 0 aliphatic carbocycles. The van der Waals surface area contributed by atoms with E-state index in [2.05, 4.69) is 76.2 Å². The van der Waals surface area contributed by atoms with Gasteiger partial charge in [0.2, 0.25) is 11.4 Å². The molecule has 0 saturated heterocycles. The van der Waals surface area contributed by atoms with Crippen LogP contribution in [0.4, 0.5) is 0 Å². The van der Waals surface area contributed by atoms with Gasteiger partial charge in [0.25, 0.3) is 0 Å². The fourth-order valence-corrected chi connectivity index (χ4v) is 5.60. The van der Waals surface area contributed by atoms with E-state index in [9.17, 15) is 5.53 Å². The molecule has 37 heavy (non-hydrogen) atoms. The number of benzene rings is 2. The normalized spacial score (nSPS) is 13.8. The zero-order valence-corrected chi connectivity index (χ0v) is 24.1. The van der Waals surface area contributed by atoms with E-state index >= 15 is 0 Å². The smallest absolute Gasteiger partial charge is 0.211 e. The quantitative estimate of drug-likeness (QED) is 0.153. The van der Waals surface area contributed by atoms with Gasteiger partial charge in [-0.25, -0.2) is 4.70 Å². The van der Waals surface area contributed by atoms with E-state index in [1.807, 2.05) is 0 Å². The predicted molar refractivity (Wildman–Crippen MR) is 160 cm³/mol. The molecule has 0 aromatic heterocycles. The van der Waals surface area contributed by atoms with Crippen molar-refractivity contribution in [2.45, 2.75) is 124 Å². The third-order valence-corrected chi connectivity index (χ3v) is 7.84. The third kappa shape index (κ3) is 8.00. The first-order valence-corrected chi connectivity index (χ1v) is 15.3. The van der Waals surface area contributed by atoms with Crippen molar-refractivity contribution in [3.8, 4) is 0 Å². The average Bonchev–Trinajstić information content (AvgIpc) is 3.21. The van der Waals surface area contributed by atoms with Crippen LogP contribution in [0.2, 0.25) is 0 Å². The van der Waals surface area contributed by atoms with E-state index in [-0.39, 0.29) is 0 Å². The Labute approximate surface area is 227 Å². The summed E-state index contributed by atoms with van der Waals surface area (Å²) in [6, 6.07) is 17.9. The number of nitrogens with zero attached hydrogens (tertiary/aromatic N) is 2. The summed E-state index contributed by atoms with van der Waals surface area (Å²) < 4.78 is 1.51. The van der Waals surface area contributed by atoms with Crippen LogP contribution in [0.3, 0.4) is 0 Å². The third-order valence-electron chi connectivity index (χ3n) is 7.84. The SMILES string of the molecule is CCCCCCCCC1=C(c2ccc(CCCC)cc2)[N+](=[N-])C(c2ccc(CCCCC)cc2)=C1CC. The Kier molecular flexibility index (Phi) is 12.3. The molecule has 3 rings (SSSR count). The van der Waals surface area contributed by atoms with Gasteiger partial charge in [0, 0.05) is 22.3 Å². The molecule has 0 unspecified atom stereocenters. The molecule has 0 bridgehead atoms. The number of aryl methyl sites for hydroxylation is 2. The largest absolute Gasteiger partial charge is 0.493 e. The fraction of sp³-hybridized carbons (Fsp3) is 0.543. The van der Waals surface area contributed by atoms with Gasteiger partial charge < -0.3 is 5.53 Å². The van der Waals surface area contributed by atoms with Crippen molar-refractivity contribution in [2.75, 3.05) is 0 Å². The molecule has 0 amide bonds. The summed E-state index contributed by atoms with van der Waals surface area (Å²) in [5.41, 5.74) is 21.3. The van der Waals surface area contributed by atoms with Gasteiger partial charge in [0.05, 0.1) is 0 Å². The summed E-state index contributed by atoms with van der Waals surface area (Å²) in [6.45, 7) is 9.01. The minimum atomic E-state index is 0.925. The van der Waals surface area contributed by atoms with E-state index in [0.717, 1.165) is 48.2 Å². The zero-order valence-electron chi connectivity index (χ0n) is 24.1. The zero-order chi connectivity index (χ0) is 26.5. The molecule has 2 aromatic carbocycles. The molecule has 2 aromatic rings. The molecule has 1 aliphatic heterocycles. The van der Waals surface area contributed by atoms with Gasteiger partial charge in [0.1, 0.15) is 0 Å². The van der Waals surface area contributed by atoms with Crippen molar-refractivity contribution in [1.29, 1.82) is 0 Å². The molecule has 2 nitrogen and oxygen atoms in total. The lowest BCUT2D eigenvalue weighted by molar-refractivity contribution is -0.345. The summed E-state index contributed by atoms with van der Waals surface area (Å²) in [4.78, 5) is 0. The Morgan fingerprint density at radius 1 is 0.486 bits per heavy atom. The van der Waals surface area contributed by atoms with E-state index in [1.165, 1.54) is 97.6 Å². The van der Waals surface area contributed by atoms with Gasteiger partial charge in [-0.05, 0) is 80.3 Å². The van der Waals surface area contributed by atoms with E-state index in [0.29, 0.717) is 0 Å². The highest BCUT2D eigenvalue weighted by molar-refractivity contribution is 5.82. The molecule has 1 aliphatic rings. The number of hydrogen-bond donors (Lipinski definition) is 0. The van der Waals surface area contributed by atoms with Crippen LogP contribution in [-0.4, -0.2) is 4.70 Å². The Bertz CT molecular complexity index is 1040. The van der Waals surface area contributed by atoms with Crippen molar-refractivity contribution in [2.24, 2.45) is 0 Å². The van der Waals surface area contributed by atoms with Crippen molar-refractivity contribution < 1.29 is 4.70 Å². The lowest BCUT2D eigenvalue weighted by Crippen LogP contribution is -2.03. The molecule has 0 spiro atoms. The highest BCUT2D eigenvalue weighted by Gasteiger charge is 2.34. The van der Waals surface area contributed by atoms with Crippen LogP contribution in [0.25, 0.3) is 16.9 Å². The van der Waals surface area contributed by atoms with E-state index in [4.69, 9.17) is 0 Å². The Morgan fingerprint density at radius 2 is 0.919 bits per heavy atom. The van der Waals surface area contributed by atoms with Crippen LogP contribution in [-0.2, 0) is 12.8 Å². The second-order valence-corrected chi connectivity index (χ2v) is 10.8. The molecule has 0 atom stereocenters. The van der Waals surface area contributed by atoms with Gasteiger partial charge in [-0.1, -0.05) is 103 Å². The second kappa shape index (κ2) is 15.7. The summed E-state index contributed by atoms with van der Waals surface area (Å²) in [5, 5.41) is 0. The monoisotopic (exact) mass is 498 g/mol. The maximum atomic E-state index is 11.7. The number of hydrogen-bond acceptors (Lipinski definition) is 0. The van der Waals surface area contributed by atoms with Crippen molar-refractivity contribution in [3.05, 3.63) is 87.5 Å². The molecule has 200 valence electrons. The lowest BCUT2D eigenvalue weighted by Gasteiger charge is -2.11. The molecule has 0 N–H and O–H groups in total. The average molecular weight is 499 g/mol. The maximum absolute atomic E-state index is 11.7. The van der Waals surface area contributed by atoms with Crippen LogP contribution < -0.4 is 0 Å². The first-order valence-electron chi connectivity index (χ1n) is 15.3. The highest BCUT2D eigenvalue weighted by atomic mass is 15.2. The van der Waals surface area contributed by atoms with Gasteiger partial charge in [0.15, 0.2) is 0 Å². The topological polar surface area (TPSA) is 25.3 Å². The second-order valence-electron chi connectivity index (χ2n) is 10.8. The van der Waals surface area contributed by atoms with E-state index in [1.54, 1.807) is 0 Å². The first kappa shape index (κ1) is 29.1. The minimum absolute atomic E-state index is 0.925. The van der Waals surface area contributed by atoms with Crippen LogP contribution in [0.5, 0.6) is 0 Å². The Balaban J connectivity index is 1.89. The minimum Gasteiger partial charge on any atom is -0.493 e. The standard InChI is InChI=1S/C35H50N2/c1-5-9-12-13-14-16-19-33-32(8-4)34(30-24-22-29(23-25-30)18-15-10-6-2)37(36)35(33)31-26-20-28(21-27-31)17-11-7-3/h20-27H,5-19H2,1-4H3. The van der Waals surface area contributed by atoms with E-state index < -0.39 is 0 Å².